The van der Waals surface area contributed by atoms with E-state index in [9.17, 15) is 4.21 Å². The number of aromatic nitrogens is 1. The van der Waals surface area contributed by atoms with Crippen LogP contribution < -0.4 is 11.1 Å². The molecule has 0 unspecified atom stereocenters. The van der Waals surface area contributed by atoms with Crippen LogP contribution in [0.25, 0.3) is 0 Å². The second kappa shape index (κ2) is 4.61. The van der Waals surface area contributed by atoms with Crippen LogP contribution in [0.2, 0.25) is 0 Å². The maximum absolute atomic E-state index is 11.2. The Kier molecular flexibility index (Phi) is 3.20. The topological polar surface area (TPSA) is 68.0 Å². The van der Waals surface area contributed by atoms with Crippen molar-refractivity contribution in [2.75, 3.05) is 22.6 Å². The summed E-state index contributed by atoms with van der Waals surface area (Å²) < 4.78 is 11.2. The van der Waals surface area contributed by atoms with Crippen molar-refractivity contribution < 1.29 is 4.21 Å². The Hall–Kier alpha value is -1.10. The molecule has 1 aliphatic heterocycles. The van der Waals surface area contributed by atoms with Gasteiger partial charge in [0.1, 0.15) is 5.82 Å². The molecule has 4 nitrogen and oxygen atoms in total. The summed E-state index contributed by atoms with van der Waals surface area (Å²) in [5, 5.41) is 3.35. The molecule has 0 aromatic carbocycles. The molecule has 5 heteroatoms. The SMILES string of the molecule is Nc1ncccc1NC1CCS(=O)CC1. The fraction of sp³-hybridized carbons (Fsp3) is 0.500. The lowest BCUT2D eigenvalue weighted by Gasteiger charge is -2.23. The van der Waals surface area contributed by atoms with Crippen LogP contribution >= 0.6 is 0 Å². The third-order valence-electron chi connectivity index (χ3n) is 2.59. The smallest absolute Gasteiger partial charge is 0.146 e. The van der Waals surface area contributed by atoms with Crippen LogP contribution in [-0.4, -0.2) is 26.7 Å². The highest BCUT2D eigenvalue weighted by atomic mass is 32.2. The van der Waals surface area contributed by atoms with E-state index in [0.29, 0.717) is 11.9 Å². The van der Waals surface area contributed by atoms with Gasteiger partial charge >= 0.3 is 0 Å². The maximum Gasteiger partial charge on any atom is 0.146 e. The molecule has 2 heterocycles. The van der Waals surface area contributed by atoms with E-state index in [1.54, 1.807) is 6.20 Å². The van der Waals surface area contributed by atoms with Crippen LogP contribution in [0.1, 0.15) is 12.8 Å². The number of hydrogen-bond donors (Lipinski definition) is 2. The molecule has 0 amide bonds. The first kappa shape index (κ1) is 10.4. The minimum absolute atomic E-state index is 0.384. The summed E-state index contributed by atoms with van der Waals surface area (Å²) in [5.74, 6) is 2.11. The van der Waals surface area contributed by atoms with Crippen LogP contribution in [-0.2, 0) is 10.8 Å². The average Bonchev–Trinajstić information content (AvgIpc) is 2.25. The Morgan fingerprint density at radius 3 is 2.87 bits per heavy atom. The number of rotatable bonds is 2. The van der Waals surface area contributed by atoms with Crippen molar-refractivity contribution in [3.63, 3.8) is 0 Å². The van der Waals surface area contributed by atoms with Gasteiger partial charge in [0.05, 0.1) is 5.69 Å². The van der Waals surface area contributed by atoms with Gasteiger partial charge in [-0.15, -0.1) is 0 Å². The first-order chi connectivity index (χ1) is 7.25. The third kappa shape index (κ3) is 2.68. The fourth-order valence-electron chi connectivity index (χ4n) is 1.70. The minimum Gasteiger partial charge on any atom is -0.382 e. The zero-order valence-corrected chi connectivity index (χ0v) is 9.30. The molecular weight excluding hydrogens is 210 g/mol. The molecule has 15 heavy (non-hydrogen) atoms. The molecule has 2 rings (SSSR count). The molecule has 0 spiro atoms. The van der Waals surface area contributed by atoms with E-state index in [1.165, 1.54) is 0 Å². The Morgan fingerprint density at radius 2 is 2.20 bits per heavy atom. The van der Waals surface area contributed by atoms with E-state index < -0.39 is 10.8 Å². The third-order valence-corrected chi connectivity index (χ3v) is 3.97. The molecular formula is C10H15N3OS. The van der Waals surface area contributed by atoms with Crippen molar-refractivity contribution in [2.24, 2.45) is 0 Å². The van der Waals surface area contributed by atoms with Gasteiger partial charge in [-0.2, -0.15) is 0 Å². The highest BCUT2D eigenvalue weighted by Crippen LogP contribution is 2.19. The molecule has 0 bridgehead atoms. The quantitative estimate of drug-likeness (QED) is 0.787. The van der Waals surface area contributed by atoms with Gasteiger partial charge in [-0.25, -0.2) is 4.98 Å². The minimum atomic E-state index is -0.611. The number of nitrogen functional groups attached to an aromatic ring is 1. The zero-order valence-electron chi connectivity index (χ0n) is 8.48. The van der Waals surface area contributed by atoms with Gasteiger partial charge in [0.15, 0.2) is 0 Å². The van der Waals surface area contributed by atoms with Gasteiger partial charge in [-0.3, -0.25) is 4.21 Å². The van der Waals surface area contributed by atoms with Crippen molar-refractivity contribution in [3.05, 3.63) is 18.3 Å². The van der Waals surface area contributed by atoms with Crippen LogP contribution in [0.5, 0.6) is 0 Å². The normalized spacial score (nSPS) is 26.1. The summed E-state index contributed by atoms with van der Waals surface area (Å²) in [6.45, 7) is 0. The molecule has 0 atom stereocenters. The lowest BCUT2D eigenvalue weighted by Crippen LogP contribution is -2.29. The number of hydrogen-bond acceptors (Lipinski definition) is 4. The van der Waals surface area contributed by atoms with Gasteiger partial charge in [0, 0.05) is 34.5 Å². The van der Waals surface area contributed by atoms with Gasteiger partial charge in [0.2, 0.25) is 0 Å². The molecule has 1 saturated heterocycles. The Bertz CT molecular complexity index is 359. The van der Waals surface area contributed by atoms with E-state index in [4.69, 9.17) is 5.73 Å². The lowest BCUT2D eigenvalue weighted by molar-refractivity contribution is 0.624. The fourth-order valence-corrected chi connectivity index (χ4v) is 3.00. The molecule has 0 aliphatic carbocycles. The first-order valence-electron chi connectivity index (χ1n) is 5.08. The molecule has 1 fully saturated rings. The van der Waals surface area contributed by atoms with Crippen LogP contribution in [0.4, 0.5) is 11.5 Å². The van der Waals surface area contributed by atoms with Crippen molar-refractivity contribution in [1.82, 2.24) is 4.98 Å². The Labute approximate surface area is 91.7 Å². The average molecular weight is 225 g/mol. The summed E-state index contributed by atoms with van der Waals surface area (Å²) >= 11 is 0. The van der Waals surface area contributed by atoms with Gasteiger partial charge in [-0.05, 0) is 25.0 Å². The molecule has 0 radical (unpaired) electrons. The highest BCUT2D eigenvalue weighted by molar-refractivity contribution is 7.85. The standard InChI is InChI=1S/C10H15N3OS/c11-10-9(2-1-5-12-10)13-8-3-6-15(14)7-4-8/h1-2,5,8,13H,3-4,6-7H2,(H2,11,12). The largest absolute Gasteiger partial charge is 0.382 e. The van der Waals surface area contributed by atoms with Crippen molar-refractivity contribution in [3.8, 4) is 0 Å². The molecule has 1 aromatic heterocycles. The van der Waals surface area contributed by atoms with Gasteiger partial charge < -0.3 is 11.1 Å². The van der Waals surface area contributed by atoms with E-state index in [2.05, 4.69) is 10.3 Å². The second-order valence-corrected chi connectivity index (χ2v) is 5.40. The number of nitrogens with one attached hydrogen (secondary N) is 1. The molecule has 3 N–H and O–H groups in total. The summed E-state index contributed by atoms with van der Waals surface area (Å²) in [6, 6.07) is 4.17. The van der Waals surface area contributed by atoms with E-state index in [0.717, 1.165) is 30.0 Å². The molecule has 1 aliphatic rings. The second-order valence-electron chi connectivity index (χ2n) is 3.70. The van der Waals surface area contributed by atoms with E-state index >= 15 is 0 Å². The molecule has 82 valence electrons. The summed E-state index contributed by atoms with van der Waals surface area (Å²) in [6.07, 6.45) is 3.57. The Morgan fingerprint density at radius 1 is 1.47 bits per heavy atom. The predicted octanol–water partition coefficient (Wildman–Crippen LogP) is 0.987. The summed E-state index contributed by atoms with van der Waals surface area (Å²) in [7, 11) is -0.611. The Balaban J connectivity index is 1.97. The maximum atomic E-state index is 11.2. The summed E-state index contributed by atoms with van der Waals surface area (Å²) in [5.41, 5.74) is 6.62. The molecule has 0 saturated carbocycles. The first-order valence-corrected chi connectivity index (χ1v) is 6.56. The number of nitrogens with zero attached hydrogens (tertiary/aromatic N) is 1. The van der Waals surface area contributed by atoms with E-state index in [1.807, 2.05) is 12.1 Å². The highest BCUT2D eigenvalue weighted by Gasteiger charge is 2.17. The zero-order chi connectivity index (χ0) is 10.7. The number of nitrogens with two attached hydrogens (primary N) is 1. The van der Waals surface area contributed by atoms with Crippen LogP contribution in [0, 0.1) is 0 Å². The van der Waals surface area contributed by atoms with Crippen LogP contribution in [0.3, 0.4) is 0 Å². The van der Waals surface area contributed by atoms with Crippen molar-refractivity contribution >= 4 is 22.3 Å². The van der Waals surface area contributed by atoms with E-state index in [-0.39, 0.29) is 0 Å². The van der Waals surface area contributed by atoms with Gasteiger partial charge in [0.25, 0.3) is 0 Å². The number of anilines is 2. The van der Waals surface area contributed by atoms with Crippen LogP contribution in [0.15, 0.2) is 18.3 Å². The molecule has 1 aromatic rings. The number of pyridine rings is 1. The van der Waals surface area contributed by atoms with Crippen molar-refractivity contribution in [2.45, 2.75) is 18.9 Å². The summed E-state index contributed by atoms with van der Waals surface area (Å²) in [4.78, 5) is 4.01. The van der Waals surface area contributed by atoms with Crippen molar-refractivity contribution in [1.29, 1.82) is 0 Å². The monoisotopic (exact) mass is 225 g/mol. The van der Waals surface area contributed by atoms with Gasteiger partial charge in [-0.1, -0.05) is 0 Å². The predicted molar refractivity (Wildman–Crippen MR) is 63.2 cm³/mol. The lowest BCUT2D eigenvalue weighted by atomic mass is 10.1.